The van der Waals surface area contributed by atoms with Crippen molar-refractivity contribution < 1.29 is 9.47 Å². The van der Waals surface area contributed by atoms with Gasteiger partial charge in [0.1, 0.15) is 0 Å². The van der Waals surface area contributed by atoms with Crippen LogP contribution in [0.25, 0.3) is 0 Å². The molecule has 0 radical (unpaired) electrons. The van der Waals surface area contributed by atoms with E-state index < -0.39 is 0 Å². The lowest BCUT2D eigenvalue weighted by Gasteiger charge is -2.15. The second kappa shape index (κ2) is 6.69. The van der Waals surface area contributed by atoms with Crippen LogP contribution in [0.2, 0.25) is 0 Å². The van der Waals surface area contributed by atoms with Crippen LogP contribution in [0.5, 0.6) is 0 Å². The van der Waals surface area contributed by atoms with Crippen molar-refractivity contribution >= 4 is 15.9 Å². The van der Waals surface area contributed by atoms with Crippen molar-refractivity contribution in [2.24, 2.45) is 5.92 Å². The molecule has 0 aliphatic carbocycles. The summed E-state index contributed by atoms with van der Waals surface area (Å²) >= 11 is 3.73. The van der Waals surface area contributed by atoms with E-state index in [-0.39, 0.29) is 6.10 Å². The lowest BCUT2D eigenvalue weighted by atomic mass is 10.0. The van der Waals surface area contributed by atoms with Gasteiger partial charge in [0, 0.05) is 4.83 Å². The minimum atomic E-state index is 0.175. The summed E-state index contributed by atoms with van der Waals surface area (Å²) in [5.74, 6) is 0.556. The fraction of sp³-hybridized carbons (Fsp3) is 0.600. The number of halogens is 1. The molecule has 2 nitrogen and oxygen atoms in total. The van der Waals surface area contributed by atoms with E-state index >= 15 is 0 Å². The molecule has 1 saturated heterocycles. The average Bonchev–Trinajstić information content (AvgIpc) is 2.68. The molecule has 1 aromatic carbocycles. The molecule has 0 spiro atoms. The summed E-state index contributed by atoms with van der Waals surface area (Å²) < 4.78 is 11.8. The van der Waals surface area contributed by atoms with Crippen LogP contribution in [-0.2, 0) is 16.1 Å². The third-order valence-corrected chi connectivity index (χ3v) is 5.01. The van der Waals surface area contributed by atoms with E-state index in [1.54, 1.807) is 0 Å². The fourth-order valence-electron chi connectivity index (χ4n) is 2.43. The summed E-state index contributed by atoms with van der Waals surface area (Å²) in [5.41, 5.74) is 1.21. The van der Waals surface area contributed by atoms with Crippen molar-refractivity contribution in [2.75, 3.05) is 6.61 Å². The number of hydrogen-bond donors (Lipinski definition) is 0. The van der Waals surface area contributed by atoms with Crippen LogP contribution < -0.4 is 0 Å². The molecule has 0 bridgehead atoms. The molecule has 1 aromatic rings. The number of alkyl halides is 1. The molecule has 1 heterocycles. The molecule has 4 unspecified atom stereocenters. The molecule has 2 rings (SSSR count). The first-order valence-corrected chi connectivity index (χ1v) is 7.55. The highest BCUT2D eigenvalue weighted by Crippen LogP contribution is 2.34. The number of rotatable bonds is 5. The van der Waals surface area contributed by atoms with Gasteiger partial charge in [-0.3, -0.25) is 0 Å². The predicted molar refractivity (Wildman–Crippen MR) is 76.9 cm³/mol. The van der Waals surface area contributed by atoms with E-state index in [0.717, 1.165) is 6.42 Å². The zero-order valence-corrected chi connectivity index (χ0v) is 12.6. The molecule has 0 N–H and O–H groups in total. The van der Waals surface area contributed by atoms with Crippen LogP contribution in [0.3, 0.4) is 0 Å². The van der Waals surface area contributed by atoms with Gasteiger partial charge in [-0.15, -0.1) is 0 Å². The van der Waals surface area contributed by atoms with Crippen LogP contribution in [0.1, 0.15) is 25.8 Å². The average molecular weight is 313 g/mol. The van der Waals surface area contributed by atoms with Crippen molar-refractivity contribution in [2.45, 2.75) is 43.9 Å². The second-order valence-electron chi connectivity index (χ2n) is 4.93. The SMILES string of the molecule is CCC1OC(COCc2ccccc2)C(Br)C1C. The molecule has 0 amide bonds. The number of ether oxygens (including phenoxy) is 2. The van der Waals surface area contributed by atoms with Gasteiger partial charge in [0.2, 0.25) is 0 Å². The Kier molecular flexibility index (Phi) is 5.22. The minimum Gasteiger partial charge on any atom is -0.374 e. The van der Waals surface area contributed by atoms with Crippen LogP contribution >= 0.6 is 15.9 Å². The Morgan fingerprint density at radius 3 is 2.56 bits per heavy atom. The molecule has 3 heteroatoms. The van der Waals surface area contributed by atoms with Gasteiger partial charge in [-0.05, 0) is 17.9 Å². The summed E-state index contributed by atoms with van der Waals surface area (Å²) in [7, 11) is 0. The molecule has 18 heavy (non-hydrogen) atoms. The lowest BCUT2D eigenvalue weighted by Crippen LogP contribution is -2.24. The van der Waals surface area contributed by atoms with Crippen molar-refractivity contribution in [1.29, 1.82) is 0 Å². The molecular weight excluding hydrogens is 292 g/mol. The standard InChI is InChI=1S/C15H21BrO2/c1-3-13-11(2)15(16)14(18-13)10-17-9-12-7-5-4-6-8-12/h4-8,11,13-15H,3,9-10H2,1-2H3. The van der Waals surface area contributed by atoms with Crippen molar-refractivity contribution in [3.8, 4) is 0 Å². The van der Waals surface area contributed by atoms with E-state index in [2.05, 4.69) is 41.9 Å². The second-order valence-corrected chi connectivity index (χ2v) is 5.98. The molecule has 1 aliphatic rings. The molecule has 0 saturated carbocycles. The highest BCUT2D eigenvalue weighted by Gasteiger charge is 2.39. The van der Waals surface area contributed by atoms with E-state index in [0.29, 0.717) is 30.1 Å². The Bertz CT molecular complexity index is 355. The van der Waals surface area contributed by atoms with Crippen molar-refractivity contribution in [3.05, 3.63) is 35.9 Å². The molecule has 0 aromatic heterocycles. The number of hydrogen-bond acceptors (Lipinski definition) is 2. The van der Waals surface area contributed by atoms with Gasteiger partial charge in [0.15, 0.2) is 0 Å². The van der Waals surface area contributed by atoms with Gasteiger partial charge in [0.25, 0.3) is 0 Å². The quantitative estimate of drug-likeness (QED) is 0.770. The Labute approximate surface area is 118 Å². The monoisotopic (exact) mass is 312 g/mol. The zero-order valence-electron chi connectivity index (χ0n) is 11.0. The predicted octanol–water partition coefficient (Wildman–Crippen LogP) is 3.78. The van der Waals surface area contributed by atoms with E-state index in [4.69, 9.17) is 9.47 Å². The maximum Gasteiger partial charge on any atom is 0.0940 e. The van der Waals surface area contributed by atoms with Crippen LogP contribution in [-0.4, -0.2) is 23.6 Å². The highest BCUT2D eigenvalue weighted by molar-refractivity contribution is 9.09. The van der Waals surface area contributed by atoms with E-state index in [9.17, 15) is 0 Å². The molecular formula is C15H21BrO2. The maximum atomic E-state index is 6.00. The van der Waals surface area contributed by atoms with Crippen molar-refractivity contribution in [3.63, 3.8) is 0 Å². The third kappa shape index (κ3) is 3.34. The largest absolute Gasteiger partial charge is 0.374 e. The Hall–Kier alpha value is -0.380. The van der Waals surface area contributed by atoms with Gasteiger partial charge >= 0.3 is 0 Å². The first-order chi connectivity index (χ1) is 8.72. The normalized spacial score (nSPS) is 31.7. The van der Waals surface area contributed by atoms with Gasteiger partial charge in [-0.2, -0.15) is 0 Å². The summed E-state index contributed by atoms with van der Waals surface area (Å²) in [6.45, 7) is 5.73. The van der Waals surface area contributed by atoms with Gasteiger partial charge < -0.3 is 9.47 Å². The lowest BCUT2D eigenvalue weighted by molar-refractivity contribution is -0.0224. The van der Waals surface area contributed by atoms with E-state index in [1.165, 1.54) is 5.56 Å². The number of benzene rings is 1. The van der Waals surface area contributed by atoms with Crippen molar-refractivity contribution in [1.82, 2.24) is 0 Å². The Morgan fingerprint density at radius 1 is 1.22 bits per heavy atom. The Balaban J connectivity index is 1.77. The summed E-state index contributed by atoms with van der Waals surface area (Å²) in [5, 5.41) is 0. The first kappa shape index (κ1) is 14.0. The zero-order chi connectivity index (χ0) is 13.0. The highest BCUT2D eigenvalue weighted by atomic mass is 79.9. The van der Waals surface area contributed by atoms with Gasteiger partial charge in [0.05, 0.1) is 25.4 Å². The van der Waals surface area contributed by atoms with Crippen LogP contribution in [0.4, 0.5) is 0 Å². The van der Waals surface area contributed by atoms with Crippen LogP contribution in [0.15, 0.2) is 30.3 Å². The molecule has 1 aliphatic heterocycles. The molecule has 1 fully saturated rings. The molecule has 4 atom stereocenters. The molecule has 100 valence electrons. The van der Waals surface area contributed by atoms with Crippen LogP contribution in [0, 0.1) is 5.92 Å². The minimum absolute atomic E-state index is 0.175. The van der Waals surface area contributed by atoms with Gasteiger partial charge in [-0.25, -0.2) is 0 Å². The first-order valence-electron chi connectivity index (χ1n) is 6.63. The smallest absolute Gasteiger partial charge is 0.0940 e. The third-order valence-electron chi connectivity index (χ3n) is 3.59. The van der Waals surface area contributed by atoms with E-state index in [1.807, 2.05) is 18.2 Å². The van der Waals surface area contributed by atoms with Gasteiger partial charge in [-0.1, -0.05) is 60.1 Å². The fourth-order valence-corrected chi connectivity index (χ4v) is 3.05. The Morgan fingerprint density at radius 2 is 1.94 bits per heavy atom. The summed E-state index contributed by atoms with van der Waals surface area (Å²) in [4.78, 5) is 0.401. The summed E-state index contributed by atoms with van der Waals surface area (Å²) in [6, 6.07) is 10.3. The maximum absolute atomic E-state index is 6.00. The topological polar surface area (TPSA) is 18.5 Å². The summed E-state index contributed by atoms with van der Waals surface area (Å²) in [6.07, 6.45) is 1.60.